The normalized spacial score (nSPS) is 12.3. The Morgan fingerprint density at radius 2 is 1.57 bits per heavy atom. The van der Waals surface area contributed by atoms with Crippen LogP contribution in [0.25, 0.3) is 11.1 Å². The second kappa shape index (κ2) is 6.29. The Morgan fingerprint density at radius 3 is 2.14 bits per heavy atom. The van der Waals surface area contributed by atoms with E-state index in [0.717, 1.165) is 10.2 Å². The summed E-state index contributed by atoms with van der Waals surface area (Å²) in [5.41, 5.74) is 4.76. The van der Waals surface area contributed by atoms with Crippen LogP contribution in [-0.2, 0) is 0 Å². The van der Waals surface area contributed by atoms with Crippen molar-refractivity contribution < 1.29 is 4.42 Å². The Morgan fingerprint density at radius 1 is 0.905 bits per heavy atom. The number of nitrogens with one attached hydrogen (secondary N) is 1. The average Bonchev–Trinajstić information content (AvgIpc) is 2.96. The molecule has 106 valence electrons. The van der Waals surface area contributed by atoms with Gasteiger partial charge in [-0.25, -0.2) is 0 Å². The summed E-state index contributed by atoms with van der Waals surface area (Å²) >= 11 is 3.45. The molecule has 1 N–H and O–H groups in total. The SMILES string of the molecule is CNC(c1ccc(-c2ccccc2)cc1)c1ccoc1Br. The van der Waals surface area contributed by atoms with Crippen LogP contribution in [0.4, 0.5) is 0 Å². The quantitative estimate of drug-likeness (QED) is 0.720. The molecule has 0 bridgehead atoms. The summed E-state index contributed by atoms with van der Waals surface area (Å²) in [4.78, 5) is 0. The molecular formula is C18H16BrNO. The van der Waals surface area contributed by atoms with Crippen LogP contribution in [0.5, 0.6) is 0 Å². The maximum absolute atomic E-state index is 5.34. The van der Waals surface area contributed by atoms with E-state index < -0.39 is 0 Å². The van der Waals surface area contributed by atoms with E-state index in [2.05, 4.69) is 69.8 Å². The van der Waals surface area contributed by atoms with Gasteiger partial charge in [0.15, 0.2) is 4.67 Å². The molecule has 0 fully saturated rings. The van der Waals surface area contributed by atoms with Gasteiger partial charge in [-0.05, 0) is 45.7 Å². The minimum atomic E-state index is 0.114. The fourth-order valence-corrected chi connectivity index (χ4v) is 2.98. The van der Waals surface area contributed by atoms with Gasteiger partial charge in [-0.2, -0.15) is 0 Å². The average molecular weight is 342 g/mol. The lowest BCUT2D eigenvalue weighted by Crippen LogP contribution is -2.17. The second-order valence-electron chi connectivity index (χ2n) is 4.86. The van der Waals surface area contributed by atoms with Crippen LogP contribution in [0.1, 0.15) is 17.2 Å². The summed E-state index contributed by atoms with van der Waals surface area (Å²) in [6, 6.07) is 21.1. The molecule has 3 heteroatoms. The first-order valence-electron chi connectivity index (χ1n) is 6.85. The van der Waals surface area contributed by atoms with E-state index in [4.69, 9.17) is 4.42 Å². The smallest absolute Gasteiger partial charge is 0.174 e. The van der Waals surface area contributed by atoms with E-state index in [1.165, 1.54) is 16.7 Å². The molecule has 0 spiro atoms. The third-order valence-electron chi connectivity index (χ3n) is 3.60. The first-order chi connectivity index (χ1) is 10.3. The minimum absolute atomic E-state index is 0.114. The minimum Gasteiger partial charge on any atom is -0.457 e. The molecule has 1 unspecified atom stereocenters. The van der Waals surface area contributed by atoms with Crippen LogP contribution >= 0.6 is 15.9 Å². The first kappa shape index (κ1) is 14.1. The molecule has 1 heterocycles. The monoisotopic (exact) mass is 341 g/mol. The van der Waals surface area contributed by atoms with Crippen molar-refractivity contribution in [3.8, 4) is 11.1 Å². The molecule has 21 heavy (non-hydrogen) atoms. The molecular weight excluding hydrogens is 326 g/mol. The van der Waals surface area contributed by atoms with Gasteiger partial charge in [-0.15, -0.1) is 0 Å². The van der Waals surface area contributed by atoms with E-state index in [-0.39, 0.29) is 6.04 Å². The maximum atomic E-state index is 5.34. The van der Waals surface area contributed by atoms with Crippen LogP contribution in [0.2, 0.25) is 0 Å². The van der Waals surface area contributed by atoms with Gasteiger partial charge < -0.3 is 9.73 Å². The van der Waals surface area contributed by atoms with Gasteiger partial charge in [0.25, 0.3) is 0 Å². The molecule has 1 aromatic heterocycles. The molecule has 0 aliphatic rings. The summed E-state index contributed by atoms with van der Waals surface area (Å²) < 4.78 is 6.11. The third-order valence-corrected chi connectivity index (χ3v) is 4.24. The van der Waals surface area contributed by atoms with Crippen molar-refractivity contribution in [2.75, 3.05) is 7.05 Å². The molecule has 0 radical (unpaired) electrons. The molecule has 3 rings (SSSR count). The van der Waals surface area contributed by atoms with Gasteiger partial charge in [-0.3, -0.25) is 0 Å². The lowest BCUT2D eigenvalue weighted by molar-refractivity contribution is 0.530. The third kappa shape index (κ3) is 2.94. The van der Waals surface area contributed by atoms with Crippen LogP contribution in [0.15, 0.2) is 76.0 Å². The highest BCUT2D eigenvalue weighted by Crippen LogP contribution is 2.30. The van der Waals surface area contributed by atoms with Crippen molar-refractivity contribution in [3.05, 3.63) is 82.7 Å². The highest BCUT2D eigenvalue weighted by Gasteiger charge is 2.16. The lowest BCUT2D eigenvalue weighted by Gasteiger charge is -2.16. The van der Waals surface area contributed by atoms with Gasteiger partial charge in [0, 0.05) is 5.56 Å². The zero-order valence-electron chi connectivity index (χ0n) is 11.7. The summed E-state index contributed by atoms with van der Waals surface area (Å²) in [7, 11) is 1.95. The zero-order valence-corrected chi connectivity index (χ0v) is 13.3. The molecule has 0 saturated carbocycles. The van der Waals surface area contributed by atoms with E-state index in [0.29, 0.717) is 0 Å². The molecule has 0 amide bonds. The largest absolute Gasteiger partial charge is 0.457 e. The van der Waals surface area contributed by atoms with Crippen LogP contribution in [0, 0.1) is 0 Å². The number of benzene rings is 2. The molecule has 2 aromatic carbocycles. The fourth-order valence-electron chi connectivity index (χ4n) is 2.51. The number of hydrogen-bond donors (Lipinski definition) is 1. The van der Waals surface area contributed by atoms with Gasteiger partial charge in [0.1, 0.15) is 0 Å². The van der Waals surface area contributed by atoms with Crippen LogP contribution in [0.3, 0.4) is 0 Å². The molecule has 3 aromatic rings. The topological polar surface area (TPSA) is 25.2 Å². The predicted octanol–water partition coefficient (Wildman–Crippen LogP) is 5.02. The Bertz CT molecular complexity index is 704. The van der Waals surface area contributed by atoms with Crippen LogP contribution in [-0.4, -0.2) is 7.05 Å². The highest BCUT2D eigenvalue weighted by atomic mass is 79.9. The number of rotatable bonds is 4. The summed E-state index contributed by atoms with van der Waals surface area (Å²) in [5.74, 6) is 0. The van der Waals surface area contributed by atoms with E-state index in [1.807, 2.05) is 19.2 Å². The number of furan rings is 1. The van der Waals surface area contributed by atoms with Crippen molar-refractivity contribution in [2.45, 2.75) is 6.04 Å². The maximum Gasteiger partial charge on any atom is 0.174 e. The fraction of sp³-hybridized carbons (Fsp3) is 0.111. The van der Waals surface area contributed by atoms with Crippen molar-refractivity contribution in [3.63, 3.8) is 0 Å². The van der Waals surface area contributed by atoms with Gasteiger partial charge >= 0.3 is 0 Å². The zero-order chi connectivity index (χ0) is 14.7. The Hall–Kier alpha value is -1.84. The molecule has 0 aliphatic heterocycles. The van der Waals surface area contributed by atoms with Gasteiger partial charge in [0.05, 0.1) is 12.3 Å². The van der Waals surface area contributed by atoms with E-state index in [1.54, 1.807) is 6.26 Å². The lowest BCUT2D eigenvalue weighted by atomic mass is 9.98. The predicted molar refractivity (Wildman–Crippen MR) is 89.2 cm³/mol. The standard InChI is InChI=1S/C18H16BrNO/c1-20-17(16-11-12-21-18(16)19)15-9-7-14(8-10-15)13-5-3-2-4-6-13/h2-12,17,20H,1H3. The van der Waals surface area contributed by atoms with Gasteiger partial charge in [-0.1, -0.05) is 54.6 Å². The van der Waals surface area contributed by atoms with Crippen molar-refractivity contribution >= 4 is 15.9 Å². The first-order valence-corrected chi connectivity index (χ1v) is 7.64. The van der Waals surface area contributed by atoms with Crippen molar-refractivity contribution in [2.24, 2.45) is 0 Å². The Labute approximate surface area is 132 Å². The van der Waals surface area contributed by atoms with Crippen LogP contribution < -0.4 is 5.32 Å². The second-order valence-corrected chi connectivity index (χ2v) is 5.58. The molecule has 2 nitrogen and oxygen atoms in total. The van der Waals surface area contributed by atoms with E-state index in [9.17, 15) is 0 Å². The van der Waals surface area contributed by atoms with Gasteiger partial charge in [0.2, 0.25) is 0 Å². The van der Waals surface area contributed by atoms with Crippen molar-refractivity contribution in [1.82, 2.24) is 5.32 Å². The highest BCUT2D eigenvalue weighted by molar-refractivity contribution is 9.10. The number of halogens is 1. The Balaban J connectivity index is 1.91. The summed E-state index contributed by atoms with van der Waals surface area (Å²) in [5, 5.41) is 3.33. The van der Waals surface area contributed by atoms with Crippen molar-refractivity contribution in [1.29, 1.82) is 0 Å². The molecule has 1 atom stereocenters. The van der Waals surface area contributed by atoms with E-state index >= 15 is 0 Å². The number of hydrogen-bond acceptors (Lipinski definition) is 2. The summed E-state index contributed by atoms with van der Waals surface area (Å²) in [6.07, 6.45) is 1.70. The Kier molecular flexibility index (Phi) is 4.23. The molecule has 0 aliphatic carbocycles. The molecule has 0 saturated heterocycles. The summed E-state index contributed by atoms with van der Waals surface area (Å²) in [6.45, 7) is 0.